The molecule has 13 nitrogen and oxygen atoms in total. The van der Waals surface area contributed by atoms with Crippen LogP contribution in [0.1, 0.15) is 11.6 Å². The van der Waals surface area contributed by atoms with Crippen LogP contribution in [-0.2, 0) is 44.3 Å². The minimum Gasteiger partial charge on any atom is -0.650 e. The van der Waals surface area contributed by atoms with Gasteiger partial charge in [0.1, 0.15) is 0 Å². The van der Waals surface area contributed by atoms with Crippen molar-refractivity contribution in [3.05, 3.63) is 72.4 Å². The molecule has 0 bridgehead atoms. The summed E-state index contributed by atoms with van der Waals surface area (Å²) in [5.74, 6) is 1.95. The minimum absolute atomic E-state index is 0. The SMILES string of the molecule is Cn1ccnc1C[N-]Cc1nccn1C.O=[N+]([O-])[O-].O=[N+]([O-])[O-].[Cu+2]. The van der Waals surface area contributed by atoms with Crippen LogP contribution in [0.5, 0.6) is 0 Å². The van der Waals surface area contributed by atoms with E-state index in [4.69, 9.17) is 30.6 Å². The summed E-state index contributed by atoms with van der Waals surface area (Å²) in [6.07, 6.45) is 7.41. The van der Waals surface area contributed by atoms with Crippen molar-refractivity contribution >= 4 is 0 Å². The summed E-state index contributed by atoms with van der Waals surface area (Å²) in [6, 6.07) is 0. The normalized spacial score (nSPS) is 8.75. The number of aryl methyl sites for hydroxylation is 2. The first-order valence-corrected chi connectivity index (χ1v) is 5.92. The fraction of sp³-hybridized carbons (Fsp3) is 0.400. The second kappa shape index (κ2) is 12.8. The van der Waals surface area contributed by atoms with Gasteiger partial charge in [0.15, 0.2) is 0 Å². The van der Waals surface area contributed by atoms with Crippen LogP contribution < -0.4 is 0 Å². The molecule has 1 radical (unpaired) electrons. The standard InChI is InChI=1S/C10H14N5.Cu.2NO3/c1-14-5-3-12-9(14)7-11-8-10-13-4-6-15(10)2;;2*2-1(3)4/h3-6H,7-8H2,1-2H3;;;/q-1;+2;2*-1. The Hall–Kier alpha value is -2.70. The molecule has 0 N–H and O–H groups in total. The van der Waals surface area contributed by atoms with Gasteiger partial charge in [-0.05, 0) is 0 Å². The van der Waals surface area contributed by atoms with Crippen molar-refractivity contribution in [1.29, 1.82) is 0 Å². The second-order valence-corrected chi connectivity index (χ2v) is 3.90. The third-order valence-electron chi connectivity index (χ3n) is 2.35. The Bertz CT molecular complexity index is 556. The van der Waals surface area contributed by atoms with Crippen molar-refractivity contribution in [2.24, 2.45) is 14.1 Å². The smallest absolute Gasteiger partial charge is 0.650 e. The summed E-state index contributed by atoms with van der Waals surface area (Å²) in [5.41, 5.74) is 0. The summed E-state index contributed by atoms with van der Waals surface area (Å²) in [5, 5.41) is 33.9. The molecule has 0 aromatic carbocycles. The van der Waals surface area contributed by atoms with Gasteiger partial charge in [-0.15, -0.1) is 0 Å². The van der Waals surface area contributed by atoms with Gasteiger partial charge in [-0.3, -0.25) is 0 Å². The summed E-state index contributed by atoms with van der Waals surface area (Å²) < 4.78 is 3.95. The Kier molecular flexibility index (Phi) is 12.6. The molecule has 0 saturated carbocycles. The quantitative estimate of drug-likeness (QED) is 0.415. The van der Waals surface area contributed by atoms with E-state index in [1.165, 1.54) is 0 Å². The van der Waals surface area contributed by atoms with Gasteiger partial charge in [-0.2, -0.15) is 0 Å². The Morgan fingerprint density at radius 3 is 1.42 bits per heavy atom. The molecule has 0 spiro atoms. The van der Waals surface area contributed by atoms with Gasteiger partial charge < -0.3 is 45.1 Å². The summed E-state index contributed by atoms with van der Waals surface area (Å²) in [4.78, 5) is 24.9. The predicted molar refractivity (Wildman–Crippen MR) is 77.9 cm³/mol. The van der Waals surface area contributed by atoms with Crippen molar-refractivity contribution < 1.29 is 27.2 Å². The summed E-state index contributed by atoms with van der Waals surface area (Å²) in [6.45, 7) is 1.27. The largest absolute Gasteiger partial charge is 2.00 e. The summed E-state index contributed by atoms with van der Waals surface area (Å²) >= 11 is 0. The first-order chi connectivity index (χ1) is 10.7. The fourth-order valence-electron chi connectivity index (χ4n) is 1.35. The van der Waals surface area contributed by atoms with E-state index in [-0.39, 0.29) is 17.1 Å². The zero-order valence-electron chi connectivity index (χ0n) is 12.6. The van der Waals surface area contributed by atoms with Crippen LogP contribution in [0.2, 0.25) is 0 Å². The molecule has 0 unspecified atom stereocenters. The fourth-order valence-corrected chi connectivity index (χ4v) is 1.35. The third-order valence-corrected chi connectivity index (χ3v) is 2.35. The first-order valence-electron chi connectivity index (χ1n) is 5.92. The Morgan fingerprint density at radius 2 is 1.21 bits per heavy atom. The number of rotatable bonds is 4. The maximum atomic E-state index is 8.25. The van der Waals surface area contributed by atoms with Crippen molar-refractivity contribution in [2.75, 3.05) is 0 Å². The monoisotopic (exact) mass is 391 g/mol. The molecule has 0 aliphatic carbocycles. The number of imidazole rings is 2. The Balaban J connectivity index is 0. The molecule has 24 heavy (non-hydrogen) atoms. The van der Waals surface area contributed by atoms with Crippen molar-refractivity contribution in [1.82, 2.24) is 19.1 Å². The molecule has 137 valence electrons. The number of nitrogens with zero attached hydrogens (tertiary/aromatic N) is 7. The van der Waals surface area contributed by atoms with Gasteiger partial charge >= 0.3 is 17.1 Å². The third kappa shape index (κ3) is 11.9. The van der Waals surface area contributed by atoms with E-state index < -0.39 is 10.2 Å². The zero-order chi connectivity index (χ0) is 17.8. The van der Waals surface area contributed by atoms with Crippen LogP contribution in [0.4, 0.5) is 0 Å². The van der Waals surface area contributed by atoms with E-state index in [0.29, 0.717) is 13.1 Å². The number of hydrogen-bond acceptors (Lipinski definition) is 8. The maximum absolute atomic E-state index is 8.25. The Morgan fingerprint density at radius 1 is 0.917 bits per heavy atom. The molecular formula is C10H14CuN7O6-. The molecule has 2 aromatic rings. The van der Waals surface area contributed by atoms with Gasteiger partial charge in [0.25, 0.3) is 0 Å². The molecule has 2 heterocycles. The molecule has 2 aromatic heterocycles. The van der Waals surface area contributed by atoms with Crippen LogP contribution in [0.15, 0.2) is 24.8 Å². The topological polar surface area (TPSA) is 182 Å². The average molecular weight is 392 g/mol. The minimum atomic E-state index is -1.75. The van der Waals surface area contributed by atoms with Crippen molar-refractivity contribution in [3.8, 4) is 0 Å². The molecule has 2 rings (SSSR count). The van der Waals surface area contributed by atoms with Crippen LogP contribution in [-0.4, -0.2) is 29.3 Å². The molecule has 0 saturated heterocycles. The molecule has 0 atom stereocenters. The molecule has 0 fully saturated rings. The molecule has 0 aliphatic heterocycles. The van der Waals surface area contributed by atoms with Crippen LogP contribution in [0.25, 0.3) is 5.32 Å². The maximum Gasteiger partial charge on any atom is 2.00 e. The number of aromatic nitrogens is 4. The average Bonchev–Trinajstić information content (AvgIpc) is 2.98. The number of hydrogen-bond donors (Lipinski definition) is 0. The van der Waals surface area contributed by atoms with E-state index in [2.05, 4.69) is 15.3 Å². The van der Waals surface area contributed by atoms with Crippen LogP contribution in [0.3, 0.4) is 0 Å². The van der Waals surface area contributed by atoms with E-state index in [9.17, 15) is 0 Å². The van der Waals surface area contributed by atoms with Gasteiger partial charge in [0.05, 0.1) is 21.8 Å². The Labute approximate surface area is 146 Å². The van der Waals surface area contributed by atoms with Crippen LogP contribution in [0, 0.1) is 30.6 Å². The van der Waals surface area contributed by atoms with E-state index in [0.717, 1.165) is 11.6 Å². The zero-order valence-corrected chi connectivity index (χ0v) is 13.5. The summed E-state index contributed by atoms with van der Waals surface area (Å²) in [7, 11) is 3.94. The van der Waals surface area contributed by atoms with Gasteiger partial charge in [-0.25, -0.2) is 9.97 Å². The van der Waals surface area contributed by atoms with E-state index >= 15 is 0 Å². The van der Waals surface area contributed by atoms with Gasteiger partial charge in [0.2, 0.25) is 0 Å². The second-order valence-electron chi connectivity index (χ2n) is 3.90. The molecular weight excluding hydrogens is 378 g/mol. The van der Waals surface area contributed by atoms with Crippen molar-refractivity contribution in [3.63, 3.8) is 0 Å². The van der Waals surface area contributed by atoms with E-state index in [1.54, 1.807) is 12.4 Å². The predicted octanol–water partition coefficient (Wildman–Crippen LogP) is 0.747. The molecule has 14 heteroatoms. The van der Waals surface area contributed by atoms with Gasteiger partial charge in [0, 0.05) is 38.9 Å². The van der Waals surface area contributed by atoms with E-state index in [1.807, 2.05) is 35.6 Å². The van der Waals surface area contributed by atoms with Gasteiger partial charge in [-0.1, -0.05) is 13.1 Å². The molecule has 0 amide bonds. The van der Waals surface area contributed by atoms with Crippen molar-refractivity contribution in [2.45, 2.75) is 13.1 Å². The molecule has 0 aliphatic rings. The first kappa shape index (κ1) is 23.6. The van der Waals surface area contributed by atoms with Crippen LogP contribution >= 0.6 is 0 Å².